The maximum absolute atomic E-state index is 13.3. The molecule has 0 bridgehead atoms. The Kier molecular flexibility index (Phi) is 4.63. The van der Waals surface area contributed by atoms with E-state index in [1.807, 2.05) is 40.3 Å². The number of thioether (sulfide) groups is 1. The van der Waals surface area contributed by atoms with E-state index >= 15 is 0 Å². The summed E-state index contributed by atoms with van der Waals surface area (Å²) in [7, 11) is 0. The van der Waals surface area contributed by atoms with E-state index in [1.165, 1.54) is 0 Å². The Bertz CT molecular complexity index is 717. The zero-order valence-electron chi connectivity index (χ0n) is 15.5. The number of likely N-dealkylation sites (tertiary alicyclic amines) is 2. The predicted molar refractivity (Wildman–Crippen MR) is 104 cm³/mol. The minimum Gasteiger partial charge on any atom is -0.341 e. The van der Waals surface area contributed by atoms with Gasteiger partial charge in [0.05, 0.1) is 5.69 Å². The van der Waals surface area contributed by atoms with E-state index in [0.29, 0.717) is 18.4 Å². The number of urea groups is 1. The minimum absolute atomic E-state index is 0.134. The molecule has 26 heavy (non-hydrogen) atoms. The van der Waals surface area contributed by atoms with Crippen molar-refractivity contribution in [1.82, 2.24) is 9.80 Å². The lowest BCUT2D eigenvalue weighted by molar-refractivity contribution is -0.138. The molecule has 0 radical (unpaired) electrons. The van der Waals surface area contributed by atoms with Crippen LogP contribution in [0.5, 0.6) is 0 Å². The van der Waals surface area contributed by atoms with Crippen molar-refractivity contribution in [3.63, 3.8) is 0 Å². The van der Waals surface area contributed by atoms with Crippen molar-refractivity contribution in [3.05, 3.63) is 24.3 Å². The van der Waals surface area contributed by atoms with E-state index < -0.39 is 5.54 Å². The average molecular weight is 374 g/mol. The van der Waals surface area contributed by atoms with Crippen LogP contribution in [0.25, 0.3) is 0 Å². The highest BCUT2D eigenvalue weighted by atomic mass is 32.2. The van der Waals surface area contributed by atoms with E-state index in [1.54, 1.807) is 11.8 Å². The second-order valence-electron chi connectivity index (χ2n) is 7.87. The number of anilines is 1. The molecule has 2 saturated heterocycles. The van der Waals surface area contributed by atoms with Crippen molar-refractivity contribution in [3.8, 4) is 0 Å². The zero-order chi connectivity index (χ0) is 18.3. The summed E-state index contributed by atoms with van der Waals surface area (Å²) in [6.45, 7) is 4.59. The first-order valence-corrected chi connectivity index (χ1v) is 10.8. The number of benzene rings is 1. The average Bonchev–Trinajstić information content (AvgIpc) is 3.27. The number of nitrogens with zero attached hydrogens (tertiary/aromatic N) is 2. The van der Waals surface area contributed by atoms with E-state index in [9.17, 15) is 9.59 Å². The molecule has 2 atom stereocenters. The molecule has 5 nitrogen and oxygen atoms in total. The number of rotatable bonds is 3. The lowest BCUT2D eigenvalue weighted by atomic mass is 9.98. The molecular weight excluding hydrogens is 346 g/mol. The normalized spacial score (nSPS) is 28.0. The summed E-state index contributed by atoms with van der Waals surface area (Å²) in [5.74, 6) is 1.22. The number of para-hydroxylation sites is 1. The fraction of sp³-hybridized carbons (Fsp3) is 0.600. The Morgan fingerprint density at radius 1 is 1.15 bits per heavy atom. The molecular formula is C20H27N3O2S. The van der Waals surface area contributed by atoms with Crippen LogP contribution in [0.15, 0.2) is 29.2 Å². The molecule has 2 aliphatic heterocycles. The molecule has 3 amide bonds. The first-order chi connectivity index (χ1) is 12.6. The van der Waals surface area contributed by atoms with Crippen LogP contribution in [0.4, 0.5) is 10.5 Å². The fourth-order valence-corrected chi connectivity index (χ4v) is 5.10. The lowest BCUT2D eigenvalue weighted by Gasteiger charge is -2.36. The van der Waals surface area contributed by atoms with Crippen LogP contribution in [-0.2, 0) is 4.79 Å². The first-order valence-electron chi connectivity index (χ1n) is 9.57. The number of hydrogen-bond donors (Lipinski definition) is 1. The Morgan fingerprint density at radius 3 is 2.58 bits per heavy atom. The van der Waals surface area contributed by atoms with E-state index in [4.69, 9.17) is 0 Å². The number of nitrogens with one attached hydrogen (secondary N) is 1. The van der Waals surface area contributed by atoms with Gasteiger partial charge in [-0.25, -0.2) is 4.79 Å². The first kappa shape index (κ1) is 17.7. The predicted octanol–water partition coefficient (Wildman–Crippen LogP) is 3.66. The largest absolute Gasteiger partial charge is 0.341 e. The van der Waals surface area contributed by atoms with Crippen molar-refractivity contribution in [1.29, 1.82) is 0 Å². The van der Waals surface area contributed by atoms with Gasteiger partial charge in [-0.05, 0) is 55.9 Å². The molecule has 1 saturated carbocycles. The summed E-state index contributed by atoms with van der Waals surface area (Å²) in [5.41, 5.74) is 0.252. The molecule has 1 aromatic rings. The summed E-state index contributed by atoms with van der Waals surface area (Å²) in [6, 6.07) is 7.68. The summed E-state index contributed by atoms with van der Waals surface area (Å²) in [4.78, 5) is 31.1. The van der Waals surface area contributed by atoms with Gasteiger partial charge in [0.15, 0.2) is 0 Å². The number of carbonyl (C=O) groups is 2. The van der Waals surface area contributed by atoms with Crippen molar-refractivity contribution >= 4 is 29.4 Å². The van der Waals surface area contributed by atoms with Gasteiger partial charge in [-0.15, -0.1) is 11.8 Å². The standard InChI is InChI=1S/C20H27N3O2S/c1-14-7-10-22(11-8-14)18(24)20-13-15(20)9-12-23(20)19(25)21-16-5-3-4-6-17(16)26-2/h3-6,14-15H,7-13H2,1-2H3,(H,21,25). The van der Waals surface area contributed by atoms with Crippen molar-refractivity contribution < 1.29 is 9.59 Å². The van der Waals surface area contributed by atoms with Crippen LogP contribution < -0.4 is 5.32 Å². The second-order valence-corrected chi connectivity index (χ2v) is 8.72. The Labute approximate surface area is 159 Å². The highest BCUT2D eigenvalue weighted by Crippen LogP contribution is 2.57. The van der Waals surface area contributed by atoms with Gasteiger partial charge in [-0.1, -0.05) is 19.1 Å². The third kappa shape index (κ3) is 2.88. The van der Waals surface area contributed by atoms with Gasteiger partial charge in [0.2, 0.25) is 5.91 Å². The Balaban J connectivity index is 1.49. The van der Waals surface area contributed by atoms with Gasteiger partial charge in [-0.2, -0.15) is 0 Å². The Morgan fingerprint density at radius 2 is 1.88 bits per heavy atom. The molecule has 6 heteroatoms. The SMILES string of the molecule is CSc1ccccc1NC(=O)N1CCC2CC21C(=O)N1CCC(C)CC1. The third-order valence-electron chi connectivity index (χ3n) is 6.29. The number of hydrogen-bond acceptors (Lipinski definition) is 3. The molecule has 2 heterocycles. The van der Waals surface area contributed by atoms with E-state index in [-0.39, 0.29) is 11.9 Å². The molecule has 2 unspecified atom stereocenters. The highest BCUT2D eigenvalue weighted by Gasteiger charge is 2.69. The molecule has 1 aromatic carbocycles. The van der Waals surface area contributed by atoms with Gasteiger partial charge in [0, 0.05) is 24.5 Å². The maximum Gasteiger partial charge on any atom is 0.322 e. The van der Waals surface area contributed by atoms with Crippen molar-refractivity contribution in [2.45, 2.75) is 43.0 Å². The summed E-state index contributed by atoms with van der Waals surface area (Å²) >= 11 is 1.61. The van der Waals surface area contributed by atoms with Crippen LogP contribution in [0, 0.1) is 11.8 Å². The zero-order valence-corrected chi connectivity index (χ0v) is 16.3. The molecule has 1 aliphatic carbocycles. The maximum atomic E-state index is 13.3. The number of carbonyl (C=O) groups excluding carboxylic acids is 2. The number of fused-ring (bicyclic) bond motifs is 1. The minimum atomic E-state index is -0.570. The highest BCUT2D eigenvalue weighted by molar-refractivity contribution is 7.98. The summed E-state index contributed by atoms with van der Waals surface area (Å²) < 4.78 is 0. The smallest absolute Gasteiger partial charge is 0.322 e. The van der Waals surface area contributed by atoms with Crippen molar-refractivity contribution in [2.75, 3.05) is 31.2 Å². The van der Waals surface area contributed by atoms with Crippen molar-refractivity contribution in [2.24, 2.45) is 11.8 Å². The number of amides is 3. The van der Waals surface area contributed by atoms with Gasteiger partial charge in [-0.3, -0.25) is 4.79 Å². The van der Waals surface area contributed by atoms with Gasteiger partial charge in [0.1, 0.15) is 5.54 Å². The topological polar surface area (TPSA) is 52.7 Å². The van der Waals surface area contributed by atoms with Crippen LogP contribution >= 0.6 is 11.8 Å². The molecule has 0 aromatic heterocycles. The summed E-state index contributed by atoms with van der Waals surface area (Å²) in [5, 5.41) is 3.05. The van der Waals surface area contributed by atoms with Crippen LogP contribution in [0.1, 0.15) is 32.6 Å². The van der Waals surface area contributed by atoms with Gasteiger partial charge >= 0.3 is 6.03 Å². The van der Waals surface area contributed by atoms with E-state index in [2.05, 4.69) is 12.2 Å². The molecule has 0 spiro atoms. The molecule has 140 valence electrons. The second kappa shape index (κ2) is 6.80. The quantitative estimate of drug-likeness (QED) is 0.823. The molecule has 3 aliphatic rings. The molecule has 4 rings (SSSR count). The summed E-state index contributed by atoms with van der Waals surface area (Å²) in [6.07, 6.45) is 5.91. The monoisotopic (exact) mass is 373 g/mol. The Hall–Kier alpha value is -1.69. The fourth-order valence-electron chi connectivity index (χ4n) is 4.55. The third-order valence-corrected chi connectivity index (χ3v) is 7.09. The van der Waals surface area contributed by atoms with Crippen LogP contribution in [-0.4, -0.2) is 53.2 Å². The van der Waals surface area contributed by atoms with Gasteiger partial charge in [0.25, 0.3) is 0 Å². The van der Waals surface area contributed by atoms with Crippen LogP contribution in [0.3, 0.4) is 0 Å². The molecule has 1 N–H and O–H groups in total. The van der Waals surface area contributed by atoms with Crippen LogP contribution in [0.2, 0.25) is 0 Å². The lowest BCUT2D eigenvalue weighted by Crippen LogP contribution is -2.54. The van der Waals surface area contributed by atoms with Gasteiger partial charge < -0.3 is 15.1 Å². The number of piperidine rings is 2. The molecule has 3 fully saturated rings. The van der Waals surface area contributed by atoms with E-state index in [0.717, 1.165) is 49.4 Å².